The van der Waals surface area contributed by atoms with Crippen molar-refractivity contribution in [2.45, 2.75) is 26.8 Å². The molecule has 0 aliphatic heterocycles. The van der Waals surface area contributed by atoms with Gasteiger partial charge in [-0.05, 0) is 30.5 Å². The summed E-state index contributed by atoms with van der Waals surface area (Å²) in [5, 5.41) is 15.5. The van der Waals surface area contributed by atoms with Crippen LogP contribution in [0.3, 0.4) is 0 Å². The Morgan fingerprint density at radius 2 is 2.24 bits per heavy atom. The number of nitrogens with zero attached hydrogens (tertiary/aromatic N) is 1. The summed E-state index contributed by atoms with van der Waals surface area (Å²) in [5.74, 6) is 0.629. The van der Waals surface area contributed by atoms with E-state index < -0.39 is 0 Å². The third-order valence-corrected chi connectivity index (χ3v) is 3.22. The minimum absolute atomic E-state index is 0.0544. The van der Waals surface area contributed by atoms with Crippen molar-refractivity contribution in [3.8, 4) is 0 Å². The van der Waals surface area contributed by atoms with Gasteiger partial charge < -0.3 is 21.0 Å². The second-order valence-electron chi connectivity index (χ2n) is 5.29. The molecule has 0 aromatic heterocycles. The van der Waals surface area contributed by atoms with Gasteiger partial charge in [0.1, 0.15) is 0 Å². The van der Waals surface area contributed by atoms with Crippen LogP contribution in [0.4, 0.5) is 0 Å². The first-order valence-corrected chi connectivity index (χ1v) is 7.47. The van der Waals surface area contributed by atoms with E-state index in [1.807, 2.05) is 6.07 Å². The van der Waals surface area contributed by atoms with Crippen LogP contribution in [0, 0.1) is 5.92 Å². The van der Waals surface area contributed by atoms with Gasteiger partial charge in [0.15, 0.2) is 5.84 Å². The lowest BCUT2D eigenvalue weighted by atomic mass is 10.1. The van der Waals surface area contributed by atoms with Gasteiger partial charge in [-0.15, -0.1) is 0 Å². The number of nitrogens with two attached hydrogens (primary N) is 1. The summed E-state index contributed by atoms with van der Waals surface area (Å²) in [6.45, 7) is 7.40. The highest BCUT2D eigenvalue weighted by atomic mass is 35.5. The fourth-order valence-electron chi connectivity index (χ4n) is 1.75. The number of hydrogen-bond donors (Lipinski definition) is 3. The minimum Gasteiger partial charge on any atom is -0.409 e. The lowest BCUT2D eigenvalue weighted by Crippen LogP contribution is -2.18. The molecule has 0 fully saturated rings. The second-order valence-corrected chi connectivity index (χ2v) is 5.70. The highest BCUT2D eigenvalue weighted by Crippen LogP contribution is 2.17. The van der Waals surface area contributed by atoms with E-state index in [9.17, 15) is 0 Å². The van der Waals surface area contributed by atoms with E-state index in [0.717, 1.165) is 31.7 Å². The average molecular weight is 314 g/mol. The third kappa shape index (κ3) is 6.80. The molecule has 21 heavy (non-hydrogen) atoms. The van der Waals surface area contributed by atoms with Crippen LogP contribution in [0.2, 0.25) is 5.02 Å². The zero-order chi connectivity index (χ0) is 15.7. The number of benzene rings is 1. The number of halogens is 1. The van der Waals surface area contributed by atoms with Gasteiger partial charge in [0, 0.05) is 30.3 Å². The number of oxime groups is 1. The standard InChI is InChI=1S/C15H24ClN3O2/c1-11(2)10-21-7-3-6-18-9-13-5-4-12(8-14(13)16)15(17)19-20/h4-5,8,11,18,20H,3,6-7,9-10H2,1-2H3,(H2,17,19). The maximum absolute atomic E-state index is 8.62. The first-order valence-electron chi connectivity index (χ1n) is 7.09. The van der Waals surface area contributed by atoms with Crippen LogP contribution in [0.25, 0.3) is 0 Å². The van der Waals surface area contributed by atoms with E-state index in [0.29, 0.717) is 23.0 Å². The van der Waals surface area contributed by atoms with Crippen LogP contribution in [0.5, 0.6) is 0 Å². The molecule has 0 saturated heterocycles. The minimum atomic E-state index is 0.0544. The molecule has 1 aromatic rings. The molecule has 5 nitrogen and oxygen atoms in total. The molecule has 1 aromatic carbocycles. The van der Waals surface area contributed by atoms with Crippen LogP contribution in [-0.4, -0.2) is 30.8 Å². The summed E-state index contributed by atoms with van der Waals surface area (Å²) in [6.07, 6.45) is 0.965. The molecule has 0 aliphatic carbocycles. The first-order chi connectivity index (χ1) is 10.0. The summed E-state index contributed by atoms with van der Waals surface area (Å²) in [6, 6.07) is 5.35. The zero-order valence-corrected chi connectivity index (χ0v) is 13.4. The quantitative estimate of drug-likeness (QED) is 0.215. The van der Waals surface area contributed by atoms with Crippen LogP contribution < -0.4 is 11.1 Å². The smallest absolute Gasteiger partial charge is 0.170 e. The largest absolute Gasteiger partial charge is 0.409 e. The summed E-state index contributed by atoms with van der Waals surface area (Å²) < 4.78 is 5.51. The molecule has 4 N–H and O–H groups in total. The van der Waals surface area contributed by atoms with Crippen molar-refractivity contribution in [3.05, 3.63) is 34.3 Å². The van der Waals surface area contributed by atoms with E-state index in [4.69, 9.17) is 27.3 Å². The predicted molar refractivity (Wildman–Crippen MR) is 85.9 cm³/mol. The SMILES string of the molecule is CC(C)COCCCNCc1ccc(/C(N)=N/O)cc1Cl. The number of nitrogens with one attached hydrogen (secondary N) is 1. The van der Waals surface area contributed by atoms with Gasteiger partial charge in [0.25, 0.3) is 0 Å². The van der Waals surface area contributed by atoms with Gasteiger partial charge in [-0.25, -0.2) is 0 Å². The lowest BCUT2D eigenvalue weighted by molar-refractivity contribution is 0.108. The Morgan fingerprint density at radius 3 is 2.86 bits per heavy atom. The second kappa shape index (κ2) is 9.60. The number of amidine groups is 1. The van der Waals surface area contributed by atoms with E-state index in [1.54, 1.807) is 12.1 Å². The molecule has 0 radical (unpaired) electrons. The molecule has 1 rings (SSSR count). The zero-order valence-electron chi connectivity index (χ0n) is 12.6. The number of rotatable bonds is 9. The molecular formula is C15H24ClN3O2. The first kappa shape index (κ1) is 17.8. The van der Waals surface area contributed by atoms with Gasteiger partial charge in [-0.2, -0.15) is 0 Å². The van der Waals surface area contributed by atoms with E-state index in [1.165, 1.54) is 0 Å². The maximum atomic E-state index is 8.62. The highest BCUT2D eigenvalue weighted by molar-refractivity contribution is 6.31. The summed E-state index contributed by atoms with van der Waals surface area (Å²) >= 11 is 6.17. The van der Waals surface area contributed by atoms with Crippen LogP contribution in [0.1, 0.15) is 31.4 Å². The Balaban J connectivity index is 2.30. The van der Waals surface area contributed by atoms with Gasteiger partial charge in [0.05, 0.1) is 0 Å². The van der Waals surface area contributed by atoms with Crippen molar-refractivity contribution < 1.29 is 9.94 Å². The average Bonchev–Trinajstić information content (AvgIpc) is 2.46. The fourth-order valence-corrected chi connectivity index (χ4v) is 2.00. The van der Waals surface area contributed by atoms with Crippen molar-refractivity contribution in [3.63, 3.8) is 0 Å². The Kier molecular flexibility index (Phi) is 8.12. The molecule has 6 heteroatoms. The van der Waals surface area contributed by atoms with Gasteiger partial charge in [0.2, 0.25) is 0 Å². The normalized spacial score (nSPS) is 12.1. The molecule has 0 unspecified atom stereocenters. The third-order valence-electron chi connectivity index (χ3n) is 2.87. The summed E-state index contributed by atoms with van der Waals surface area (Å²) in [7, 11) is 0. The van der Waals surface area contributed by atoms with E-state index in [-0.39, 0.29) is 5.84 Å². The van der Waals surface area contributed by atoms with Crippen LogP contribution in [0.15, 0.2) is 23.4 Å². The maximum Gasteiger partial charge on any atom is 0.170 e. The number of ether oxygens (including phenoxy) is 1. The van der Waals surface area contributed by atoms with Crippen molar-refractivity contribution >= 4 is 17.4 Å². The van der Waals surface area contributed by atoms with Crippen LogP contribution >= 0.6 is 11.6 Å². The fraction of sp³-hybridized carbons (Fsp3) is 0.533. The van der Waals surface area contributed by atoms with Gasteiger partial charge in [-0.1, -0.05) is 42.7 Å². The molecule has 0 spiro atoms. The van der Waals surface area contributed by atoms with E-state index >= 15 is 0 Å². The molecule has 0 saturated carbocycles. The topological polar surface area (TPSA) is 79.9 Å². The molecule has 0 aliphatic rings. The van der Waals surface area contributed by atoms with Crippen molar-refractivity contribution in [1.82, 2.24) is 5.32 Å². The van der Waals surface area contributed by atoms with Crippen molar-refractivity contribution in [1.29, 1.82) is 0 Å². The van der Waals surface area contributed by atoms with Crippen molar-refractivity contribution in [2.24, 2.45) is 16.8 Å². The summed E-state index contributed by atoms with van der Waals surface area (Å²) in [5.41, 5.74) is 7.10. The molecule has 0 bridgehead atoms. The van der Waals surface area contributed by atoms with Gasteiger partial charge >= 0.3 is 0 Å². The Morgan fingerprint density at radius 1 is 1.48 bits per heavy atom. The number of hydrogen-bond acceptors (Lipinski definition) is 4. The predicted octanol–water partition coefficient (Wildman–Crippen LogP) is 2.59. The molecule has 0 atom stereocenters. The van der Waals surface area contributed by atoms with Crippen LogP contribution in [-0.2, 0) is 11.3 Å². The Bertz CT molecular complexity index is 464. The summed E-state index contributed by atoms with van der Waals surface area (Å²) in [4.78, 5) is 0. The van der Waals surface area contributed by atoms with Gasteiger partial charge in [-0.3, -0.25) is 0 Å². The molecule has 0 heterocycles. The lowest BCUT2D eigenvalue weighted by Gasteiger charge is -2.09. The monoisotopic (exact) mass is 313 g/mol. The highest BCUT2D eigenvalue weighted by Gasteiger charge is 2.04. The Hall–Kier alpha value is -1.30. The Labute approximate surface area is 131 Å². The molecular weight excluding hydrogens is 290 g/mol. The molecule has 0 amide bonds. The van der Waals surface area contributed by atoms with E-state index in [2.05, 4.69) is 24.3 Å². The molecule has 118 valence electrons. The van der Waals surface area contributed by atoms with Crippen molar-refractivity contribution in [2.75, 3.05) is 19.8 Å².